The Morgan fingerprint density at radius 1 is 1.44 bits per heavy atom. The Bertz CT molecular complexity index is 580. The van der Waals surface area contributed by atoms with Crippen LogP contribution in [0.2, 0.25) is 5.02 Å². The normalized spacial score (nSPS) is 24.6. The summed E-state index contributed by atoms with van der Waals surface area (Å²) >= 11 is 6.02. The number of hydrogen-bond acceptors (Lipinski definition) is 2. The molecular formula is C14H15ClFNO. The van der Waals surface area contributed by atoms with E-state index in [0.29, 0.717) is 22.2 Å². The number of fused-ring (bicyclic) bond motifs is 1. The van der Waals surface area contributed by atoms with Crippen LogP contribution in [-0.2, 0) is 0 Å². The summed E-state index contributed by atoms with van der Waals surface area (Å²) in [5.74, 6) is 0.547. The molecule has 2 nitrogen and oxygen atoms in total. The summed E-state index contributed by atoms with van der Waals surface area (Å²) in [7, 11) is 0. The number of nitrogens with one attached hydrogen (secondary N) is 1. The van der Waals surface area contributed by atoms with Crippen LogP contribution in [0.5, 0.6) is 0 Å². The van der Waals surface area contributed by atoms with E-state index in [1.807, 2.05) is 0 Å². The van der Waals surface area contributed by atoms with E-state index in [1.54, 1.807) is 6.07 Å². The van der Waals surface area contributed by atoms with Gasteiger partial charge in [0.15, 0.2) is 0 Å². The van der Waals surface area contributed by atoms with Crippen molar-refractivity contribution in [1.82, 2.24) is 5.32 Å². The van der Waals surface area contributed by atoms with E-state index in [0.717, 1.165) is 30.7 Å². The van der Waals surface area contributed by atoms with Crippen molar-refractivity contribution in [3.05, 3.63) is 34.8 Å². The van der Waals surface area contributed by atoms with Crippen LogP contribution in [0.25, 0.3) is 11.0 Å². The fraction of sp³-hybridized carbons (Fsp3) is 0.429. The molecule has 0 spiro atoms. The molecule has 0 unspecified atom stereocenters. The van der Waals surface area contributed by atoms with Gasteiger partial charge in [-0.15, -0.1) is 0 Å². The van der Waals surface area contributed by atoms with Gasteiger partial charge in [0.25, 0.3) is 0 Å². The van der Waals surface area contributed by atoms with Gasteiger partial charge in [0, 0.05) is 10.9 Å². The molecule has 1 aliphatic heterocycles. The lowest BCUT2D eigenvalue weighted by Gasteiger charge is -2.29. The summed E-state index contributed by atoms with van der Waals surface area (Å²) < 4.78 is 19.2. The van der Waals surface area contributed by atoms with Gasteiger partial charge in [0.05, 0.1) is 5.02 Å². The minimum atomic E-state index is -0.244. The van der Waals surface area contributed by atoms with E-state index in [9.17, 15) is 4.39 Å². The maximum absolute atomic E-state index is 13.7. The highest BCUT2D eigenvalue weighted by Crippen LogP contribution is 2.38. The molecule has 0 saturated carbocycles. The summed E-state index contributed by atoms with van der Waals surface area (Å²) in [5, 5.41) is 4.51. The van der Waals surface area contributed by atoms with Gasteiger partial charge in [-0.2, -0.15) is 0 Å². The highest BCUT2D eigenvalue weighted by atomic mass is 35.5. The molecule has 2 aromatic rings. The Kier molecular flexibility index (Phi) is 3.04. The molecule has 0 aliphatic carbocycles. The van der Waals surface area contributed by atoms with Crippen LogP contribution in [0.15, 0.2) is 22.8 Å². The van der Waals surface area contributed by atoms with Crippen molar-refractivity contribution < 1.29 is 8.81 Å². The zero-order chi connectivity index (χ0) is 12.7. The number of halogens is 2. The number of rotatable bonds is 1. The predicted octanol–water partition coefficient (Wildman–Crippen LogP) is 3.94. The summed E-state index contributed by atoms with van der Waals surface area (Å²) in [5.41, 5.74) is 1.69. The van der Waals surface area contributed by atoms with Crippen molar-refractivity contribution in [2.75, 3.05) is 13.1 Å². The number of benzene rings is 1. The van der Waals surface area contributed by atoms with Gasteiger partial charge in [-0.3, -0.25) is 0 Å². The lowest BCUT2D eigenvalue weighted by Crippen LogP contribution is -2.33. The smallest absolute Gasteiger partial charge is 0.139 e. The largest absolute Gasteiger partial charge is 0.462 e. The topological polar surface area (TPSA) is 25.2 Å². The molecule has 1 saturated heterocycles. The first-order valence-electron chi connectivity index (χ1n) is 6.23. The first-order valence-corrected chi connectivity index (χ1v) is 6.61. The standard InChI is InChI=1S/C14H15ClFNO/c1-8-6-17-3-2-10(8)11-4-9(16)5-12-13(15)7-18-14(11)12/h4-5,7-8,10,17H,2-3,6H2,1H3/t8-,10+/m1/s1. The summed E-state index contributed by atoms with van der Waals surface area (Å²) in [4.78, 5) is 0. The fourth-order valence-electron chi connectivity index (χ4n) is 2.85. The minimum absolute atomic E-state index is 0.244. The third-order valence-corrected chi connectivity index (χ3v) is 4.10. The van der Waals surface area contributed by atoms with E-state index in [-0.39, 0.29) is 5.82 Å². The van der Waals surface area contributed by atoms with Crippen LogP contribution < -0.4 is 5.32 Å². The minimum Gasteiger partial charge on any atom is -0.462 e. The van der Waals surface area contributed by atoms with Gasteiger partial charge >= 0.3 is 0 Å². The third-order valence-electron chi connectivity index (χ3n) is 3.80. The monoisotopic (exact) mass is 267 g/mol. The Balaban J connectivity index is 2.15. The summed E-state index contributed by atoms with van der Waals surface area (Å²) in [6.07, 6.45) is 2.49. The third kappa shape index (κ3) is 1.91. The predicted molar refractivity (Wildman–Crippen MR) is 70.6 cm³/mol. The molecule has 2 heterocycles. The van der Waals surface area contributed by atoms with Gasteiger partial charge < -0.3 is 9.73 Å². The quantitative estimate of drug-likeness (QED) is 0.847. The first kappa shape index (κ1) is 12.0. The number of hydrogen-bond donors (Lipinski definition) is 1. The Hall–Kier alpha value is -1.06. The van der Waals surface area contributed by atoms with Gasteiger partial charge in [0.1, 0.15) is 17.7 Å². The zero-order valence-electron chi connectivity index (χ0n) is 10.2. The molecule has 18 heavy (non-hydrogen) atoms. The SMILES string of the molecule is C[C@@H]1CNCC[C@@H]1c1cc(F)cc2c(Cl)coc12. The highest BCUT2D eigenvalue weighted by molar-refractivity contribution is 6.35. The molecular weight excluding hydrogens is 253 g/mol. The molecule has 1 aromatic carbocycles. The van der Waals surface area contributed by atoms with Crippen molar-refractivity contribution in [2.45, 2.75) is 19.3 Å². The number of piperidine rings is 1. The molecule has 1 aliphatic rings. The lowest BCUT2D eigenvalue weighted by atomic mass is 9.82. The van der Waals surface area contributed by atoms with Gasteiger partial charge in [-0.25, -0.2) is 4.39 Å². The molecule has 0 amide bonds. The maximum atomic E-state index is 13.7. The van der Waals surface area contributed by atoms with Crippen LogP contribution in [-0.4, -0.2) is 13.1 Å². The van der Waals surface area contributed by atoms with Crippen LogP contribution >= 0.6 is 11.6 Å². The van der Waals surface area contributed by atoms with Crippen molar-refractivity contribution >= 4 is 22.6 Å². The van der Waals surface area contributed by atoms with E-state index in [2.05, 4.69) is 12.2 Å². The second-order valence-electron chi connectivity index (χ2n) is 5.03. The second-order valence-corrected chi connectivity index (χ2v) is 5.44. The average Bonchev–Trinajstić information content (AvgIpc) is 2.71. The molecule has 0 radical (unpaired) electrons. The molecule has 96 valence electrons. The lowest BCUT2D eigenvalue weighted by molar-refractivity contribution is 0.348. The average molecular weight is 268 g/mol. The molecule has 3 rings (SSSR count). The molecule has 4 heteroatoms. The van der Waals surface area contributed by atoms with E-state index < -0.39 is 0 Å². The van der Waals surface area contributed by atoms with Crippen molar-refractivity contribution in [3.63, 3.8) is 0 Å². The maximum Gasteiger partial charge on any atom is 0.139 e. The number of furan rings is 1. The van der Waals surface area contributed by atoms with Gasteiger partial charge in [-0.05, 0) is 43.5 Å². The van der Waals surface area contributed by atoms with Crippen LogP contribution in [0.3, 0.4) is 0 Å². The van der Waals surface area contributed by atoms with Gasteiger partial charge in [-0.1, -0.05) is 18.5 Å². The second kappa shape index (κ2) is 4.56. The summed E-state index contributed by atoms with van der Waals surface area (Å²) in [6, 6.07) is 3.03. The molecule has 1 aromatic heterocycles. The van der Waals surface area contributed by atoms with Crippen LogP contribution in [0, 0.1) is 11.7 Å². The van der Waals surface area contributed by atoms with E-state index in [1.165, 1.54) is 12.3 Å². The first-order chi connectivity index (χ1) is 8.66. The summed E-state index contributed by atoms with van der Waals surface area (Å²) in [6.45, 7) is 4.09. The molecule has 1 fully saturated rings. The van der Waals surface area contributed by atoms with Gasteiger partial charge in [0.2, 0.25) is 0 Å². The van der Waals surface area contributed by atoms with Crippen molar-refractivity contribution in [2.24, 2.45) is 5.92 Å². The Morgan fingerprint density at radius 2 is 2.28 bits per heavy atom. The van der Waals surface area contributed by atoms with E-state index in [4.69, 9.17) is 16.0 Å². The Morgan fingerprint density at radius 3 is 3.06 bits per heavy atom. The Labute approximate surface area is 110 Å². The van der Waals surface area contributed by atoms with Crippen LogP contribution in [0.4, 0.5) is 4.39 Å². The zero-order valence-corrected chi connectivity index (χ0v) is 10.9. The van der Waals surface area contributed by atoms with E-state index >= 15 is 0 Å². The van der Waals surface area contributed by atoms with Crippen molar-refractivity contribution in [1.29, 1.82) is 0 Å². The van der Waals surface area contributed by atoms with Crippen LogP contribution in [0.1, 0.15) is 24.8 Å². The highest BCUT2D eigenvalue weighted by Gasteiger charge is 2.26. The molecule has 0 bridgehead atoms. The fourth-order valence-corrected chi connectivity index (χ4v) is 3.03. The molecule has 2 atom stereocenters. The molecule has 1 N–H and O–H groups in total. The van der Waals surface area contributed by atoms with Crippen molar-refractivity contribution in [3.8, 4) is 0 Å².